The van der Waals surface area contributed by atoms with Gasteiger partial charge in [-0.05, 0) is 42.2 Å². The molecule has 0 amide bonds. The molecule has 4 heteroatoms. The summed E-state index contributed by atoms with van der Waals surface area (Å²) in [6.45, 7) is 0. The van der Waals surface area contributed by atoms with Crippen LogP contribution in [0.15, 0.2) is 36.7 Å². The maximum absolute atomic E-state index is 13.5. The largest absolute Gasteiger partial charge is 0.398 e. The molecular formula is C13H12ClFN2. The predicted octanol–water partition coefficient (Wildman–Crippen LogP) is 3.24. The third-order valence-electron chi connectivity index (χ3n) is 2.62. The lowest BCUT2D eigenvalue weighted by atomic mass is 10.0. The smallest absolute Gasteiger partial charge is 0.127 e. The number of anilines is 1. The number of hydrogen-bond acceptors (Lipinski definition) is 2. The molecule has 1 aromatic heterocycles. The zero-order valence-corrected chi connectivity index (χ0v) is 9.91. The van der Waals surface area contributed by atoms with Crippen LogP contribution < -0.4 is 5.73 Å². The maximum atomic E-state index is 13.5. The van der Waals surface area contributed by atoms with Crippen LogP contribution in [0.4, 0.5) is 10.1 Å². The SMILES string of the molecule is Nc1ccncc1CCc1ccc(Cl)cc1F. The van der Waals surface area contributed by atoms with E-state index in [2.05, 4.69) is 4.98 Å². The fourth-order valence-electron chi connectivity index (χ4n) is 1.64. The Morgan fingerprint density at radius 2 is 1.94 bits per heavy atom. The quantitative estimate of drug-likeness (QED) is 0.908. The number of aromatic nitrogens is 1. The van der Waals surface area contributed by atoms with Crippen LogP contribution in [0.25, 0.3) is 0 Å². The summed E-state index contributed by atoms with van der Waals surface area (Å²) in [5.74, 6) is -0.278. The molecule has 0 bridgehead atoms. The zero-order valence-electron chi connectivity index (χ0n) is 9.16. The van der Waals surface area contributed by atoms with Crippen LogP contribution in [0.5, 0.6) is 0 Å². The third kappa shape index (κ3) is 2.94. The Bertz CT molecular complexity index is 529. The van der Waals surface area contributed by atoms with Gasteiger partial charge in [-0.25, -0.2) is 4.39 Å². The molecule has 1 heterocycles. The van der Waals surface area contributed by atoms with Crippen LogP contribution in [0.3, 0.4) is 0 Å². The topological polar surface area (TPSA) is 38.9 Å². The number of nitrogens with two attached hydrogens (primary N) is 1. The number of nitrogens with zero attached hydrogens (tertiary/aromatic N) is 1. The number of nitrogen functional groups attached to an aromatic ring is 1. The van der Waals surface area contributed by atoms with Gasteiger partial charge in [-0.2, -0.15) is 0 Å². The minimum Gasteiger partial charge on any atom is -0.398 e. The van der Waals surface area contributed by atoms with Crippen LogP contribution >= 0.6 is 11.6 Å². The molecular weight excluding hydrogens is 239 g/mol. The van der Waals surface area contributed by atoms with Gasteiger partial charge in [0.1, 0.15) is 5.82 Å². The van der Waals surface area contributed by atoms with Gasteiger partial charge >= 0.3 is 0 Å². The van der Waals surface area contributed by atoms with Crippen LogP contribution in [0.2, 0.25) is 5.02 Å². The van der Waals surface area contributed by atoms with Crippen molar-refractivity contribution in [2.75, 3.05) is 5.73 Å². The molecule has 0 aliphatic carbocycles. The van der Waals surface area contributed by atoms with E-state index in [1.54, 1.807) is 30.6 Å². The lowest BCUT2D eigenvalue weighted by molar-refractivity contribution is 0.609. The van der Waals surface area contributed by atoms with Crippen LogP contribution in [0, 0.1) is 5.82 Å². The monoisotopic (exact) mass is 250 g/mol. The maximum Gasteiger partial charge on any atom is 0.127 e. The van der Waals surface area contributed by atoms with Crippen LogP contribution in [-0.4, -0.2) is 4.98 Å². The van der Waals surface area contributed by atoms with Gasteiger partial charge in [-0.3, -0.25) is 4.98 Å². The third-order valence-corrected chi connectivity index (χ3v) is 2.86. The van der Waals surface area contributed by atoms with E-state index in [9.17, 15) is 4.39 Å². The van der Waals surface area contributed by atoms with Crippen molar-refractivity contribution in [2.24, 2.45) is 0 Å². The zero-order chi connectivity index (χ0) is 12.3. The number of aryl methyl sites for hydroxylation is 2. The van der Waals surface area contributed by atoms with Gasteiger partial charge in [0.15, 0.2) is 0 Å². The summed E-state index contributed by atoms with van der Waals surface area (Å²) in [6.07, 6.45) is 4.60. The van der Waals surface area contributed by atoms with Crippen LogP contribution in [-0.2, 0) is 12.8 Å². The van der Waals surface area contributed by atoms with Crippen molar-refractivity contribution in [1.82, 2.24) is 4.98 Å². The molecule has 88 valence electrons. The van der Waals surface area contributed by atoms with Crippen molar-refractivity contribution in [2.45, 2.75) is 12.8 Å². The summed E-state index contributed by atoms with van der Waals surface area (Å²) < 4.78 is 13.5. The number of halogens is 2. The summed E-state index contributed by atoms with van der Waals surface area (Å²) in [5, 5.41) is 0.409. The lowest BCUT2D eigenvalue weighted by Crippen LogP contribution is -1.99. The molecule has 0 aliphatic rings. The highest BCUT2D eigenvalue weighted by Gasteiger charge is 2.05. The lowest BCUT2D eigenvalue weighted by Gasteiger charge is -2.06. The molecule has 0 unspecified atom stereocenters. The molecule has 0 spiro atoms. The molecule has 0 saturated carbocycles. The Kier molecular flexibility index (Phi) is 3.59. The van der Waals surface area contributed by atoms with Crippen molar-refractivity contribution in [3.63, 3.8) is 0 Å². The average molecular weight is 251 g/mol. The second-order valence-electron chi connectivity index (χ2n) is 3.81. The van der Waals surface area contributed by atoms with E-state index in [1.807, 2.05) is 0 Å². The first-order valence-corrected chi connectivity index (χ1v) is 5.67. The van der Waals surface area contributed by atoms with Gasteiger partial charge in [0.05, 0.1) is 0 Å². The Morgan fingerprint density at radius 1 is 1.18 bits per heavy atom. The highest BCUT2D eigenvalue weighted by molar-refractivity contribution is 6.30. The van der Waals surface area contributed by atoms with E-state index >= 15 is 0 Å². The Labute approximate surface area is 104 Å². The number of pyridine rings is 1. The average Bonchev–Trinajstić information content (AvgIpc) is 2.30. The summed E-state index contributed by atoms with van der Waals surface area (Å²) in [4.78, 5) is 4.00. The van der Waals surface area contributed by atoms with E-state index in [-0.39, 0.29) is 5.82 Å². The number of hydrogen-bond donors (Lipinski definition) is 1. The summed E-state index contributed by atoms with van der Waals surface area (Å²) in [5.41, 5.74) is 8.05. The first-order valence-electron chi connectivity index (χ1n) is 5.29. The molecule has 0 saturated heterocycles. The molecule has 2 rings (SSSR count). The van der Waals surface area contributed by atoms with Gasteiger partial charge < -0.3 is 5.73 Å². The van der Waals surface area contributed by atoms with Gasteiger partial charge in [-0.15, -0.1) is 0 Å². The highest BCUT2D eigenvalue weighted by Crippen LogP contribution is 2.18. The van der Waals surface area contributed by atoms with Crippen molar-refractivity contribution in [3.05, 3.63) is 58.6 Å². The second-order valence-corrected chi connectivity index (χ2v) is 4.25. The minimum absolute atomic E-state index is 0.278. The first kappa shape index (κ1) is 11.9. The van der Waals surface area contributed by atoms with E-state index < -0.39 is 0 Å². The molecule has 2 nitrogen and oxygen atoms in total. The van der Waals surface area contributed by atoms with Crippen molar-refractivity contribution < 1.29 is 4.39 Å². The molecule has 2 N–H and O–H groups in total. The van der Waals surface area contributed by atoms with Gasteiger partial charge in [0.2, 0.25) is 0 Å². The summed E-state index contributed by atoms with van der Waals surface area (Å²) >= 11 is 5.69. The normalized spacial score (nSPS) is 10.5. The fraction of sp³-hybridized carbons (Fsp3) is 0.154. The Hall–Kier alpha value is -1.61. The number of benzene rings is 1. The molecule has 17 heavy (non-hydrogen) atoms. The van der Waals surface area contributed by atoms with E-state index in [4.69, 9.17) is 17.3 Å². The van der Waals surface area contributed by atoms with Gasteiger partial charge in [0.25, 0.3) is 0 Å². The molecule has 1 aromatic carbocycles. The van der Waals surface area contributed by atoms with Crippen molar-refractivity contribution >= 4 is 17.3 Å². The van der Waals surface area contributed by atoms with E-state index in [0.29, 0.717) is 29.1 Å². The van der Waals surface area contributed by atoms with Crippen molar-refractivity contribution in [1.29, 1.82) is 0 Å². The van der Waals surface area contributed by atoms with Crippen molar-refractivity contribution in [3.8, 4) is 0 Å². The van der Waals surface area contributed by atoms with Gasteiger partial charge in [-0.1, -0.05) is 17.7 Å². The molecule has 0 aliphatic heterocycles. The predicted molar refractivity (Wildman–Crippen MR) is 67.5 cm³/mol. The van der Waals surface area contributed by atoms with E-state index in [1.165, 1.54) is 6.07 Å². The fourth-order valence-corrected chi connectivity index (χ4v) is 1.80. The standard InChI is InChI=1S/C13H12ClFN2/c14-11-4-3-9(12(15)7-11)1-2-10-8-17-6-5-13(10)16/h3-8H,1-2H2,(H2,16,17). The summed E-state index contributed by atoms with van der Waals surface area (Å²) in [6, 6.07) is 6.45. The molecule has 0 fully saturated rings. The Morgan fingerprint density at radius 3 is 2.65 bits per heavy atom. The number of rotatable bonds is 3. The second kappa shape index (κ2) is 5.15. The van der Waals surface area contributed by atoms with Gasteiger partial charge in [0, 0.05) is 23.1 Å². The first-order chi connectivity index (χ1) is 8.16. The molecule has 2 aromatic rings. The molecule has 0 atom stereocenters. The molecule has 0 radical (unpaired) electrons. The minimum atomic E-state index is -0.278. The summed E-state index contributed by atoms with van der Waals surface area (Å²) in [7, 11) is 0. The Balaban J connectivity index is 2.10. The van der Waals surface area contributed by atoms with Crippen LogP contribution in [0.1, 0.15) is 11.1 Å². The van der Waals surface area contributed by atoms with E-state index in [0.717, 1.165) is 5.56 Å². The highest BCUT2D eigenvalue weighted by atomic mass is 35.5.